The Balaban J connectivity index is 1.35. The molecule has 2 N–H and O–H groups in total. The number of para-hydroxylation sites is 1. The molecule has 4 rings (SSSR count). The van der Waals surface area contributed by atoms with Crippen molar-refractivity contribution in [2.75, 3.05) is 40.4 Å². The Morgan fingerprint density at radius 1 is 1.00 bits per heavy atom. The summed E-state index contributed by atoms with van der Waals surface area (Å²) in [6, 6.07) is 7.22. The second kappa shape index (κ2) is 6.93. The van der Waals surface area contributed by atoms with Crippen LogP contribution >= 0.6 is 0 Å². The van der Waals surface area contributed by atoms with Gasteiger partial charge in [-0.1, -0.05) is 6.07 Å². The highest BCUT2D eigenvalue weighted by Gasteiger charge is 2.46. The van der Waals surface area contributed by atoms with Crippen LogP contribution in [0.4, 0.5) is 0 Å². The van der Waals surface area contributed by atoms with Gasteiger partial charge in [0.25, 0.3) is 0 Å². The summed E-state index contributed by atoms with van der Waals surface area (Å²) < 4.78 is 11.0. The minimum atomic E-state index is 0.848. The minimum Gasteiger partial charge on any atom is -0.493 e. The summed E-state index contributed by atoms with van der Waals surface area (Å²) in [6.45, 7) is 6.29. The molecular weight excluding hydrogens is 300 g/mol. The molecule has 2 saturated carbocycles. The molecule has 24 heavy (non-hydrogen) atoms. The van der Waals surface area contributed by atoms with Crippen molar-refractivity contribution in [2.45, 2.75) is 38.3 Å². The standard InChI is InChI=1S/C20H30N2O2/c1-23-19-5-3-4-17(20(19)24-2)14-21-8-10-22(11-9-21)18-13-15-6-7-16(18)12-15/h3-5,15-16,18H,6-14H2,1-2H3/p+2/t15-,16+,18-/m0/s1. The molecule has 0 amide bonds. The van der Waals surface area contributed by atoms with Crippen molar-refractivity contribution in [3.05, 3.63) is 23.8 Å². The summed E-state index contributed by atoms with van der Waals surface area (Å²) >= 11 is 0. The zero-order valence-electron chi connectivity index (χ0n) is 15.1. The van der Waals surface area contributed by atoms with Crippen molar-refractivity contribution < 1.29 is 19.3 Å². The maximum absolute atomic E-state index is 5.60. The molecule has 1 aliphatic heterocycles. The zero-order chi connectivity index (χ0) is 16.5. The monoisotopic (exact) mass is 332 g/mol. The van der Waals surface area contributed by atoms with Gasteiger partial charge in [-0.25, -0.2) is 0 Å². The zero-order valence-corrected chi connectivity index (χ0v) is 15.1. The maximum atomic E-state index is 5.60. The average Bonchev–Trinajstić information content (AvgIpc) is 3.25. The number of ether oxygens (including phenoxy) is 2. The van der Waals surface area contributed by atoms with E-state index < -0.39 is 0 Å². The van der Waals surface area contributed by atoms with Crippen LogP contribution in [0.5, 0.6) is 11.5 Å². The lowest BCUT2D eigenvalue weighted by Crippen LogP contribution is -3.29. The van der Waals surface area contributed by atoms with E-state index in [0.29, 0.717) is 0 Å². The second-order valence-corrected chi connectivity index (χ2v) is 8.02. The van der Waals surface area contributed by atoms with E-state index in [1.807, 2.05) is 11.0 Å². The van der Waals surface area contributed by atoms with Gasteiger partial charge in [0.05, 0.1) is 25.8 Å². The van der Waals surface area contributed by atoms with E-state index in [9.17, 15) is 0 Å². The topological polar surface area (TPSA) is 27.3 Å². The third kappa shape index (κ3) is 3.02. The molecule has 0 spiro atoms. The third-order valence-corrected chi connectivity index (χ3v) is 6.79. The Morgan fingerprint density at radius 2 is 1.83 bits per heavy atom. The van der Waals surface area contributed by atoms with E-state index >= 15 is 0 Å². The molecule has 1 aromatic rings. The Hall–Kier alpha value is -1.26. The molecule has 4 nitrogen and oxygen atoms in total. The molecule has 3 atom stereocenters. The van der Waals surface area contributed by atoms with E-state index in [1.165, 1.54) is 57.4 Å². The summed E-state index contributed by atoms with van der Waals surface area (Å²) in [5, 5.41) is 0. The molecule has 3 aliphatic rings. The molecule has 1 aromatic carbocycles. The third-order valence-electron chi connectivity index (χ3n) is 6.79. The molecule has 0 radical (unpaired) electrons. The lowest BCUT2D eigenvalue weighted by atomic mass is 9.93. The van der Waals surface area contributed by atoms with E-state index in [-0.39, 0.29) is 0 Å². The van der Waals surface area contributed by atoms with Gasteiger partial charge in [0.2, 0.25) is 0 Å². The van der Waals surface area contributed by atoms with Gasteiger partial charge in [-0.15, -0.1) is 0 Å². The van der Waals surface area contributed by atoms with Gasteiger partial charge in [0.1, 0.15) is 32.7 Å². The van der Waals surface area contributed by atoms with Gasteiger partial charge in [-0.2, -0.15) is 0 Å². The van der Waals surface area contributed by atoms with Crippen LogP contribution in [-0.2, 0) is 6.54 Å². The van der Waals surface area contributed by atoms with Crippen LogP contribution in [0.3, 0.4) is 0 Å². The van der Waals surface area contributed by atoms with Gasteiger partial charge in [0, 0.05) is 12.3 Å². The van der Waals surface area contributed by atoms with Crippen LogP contribution in [0.1, 0.15) is 31.2 Å². The van der Waals surface area contributed by atoms with Crippen molar-refractivity contribution in [1.29, 1.82) is 0 Å². The first-order valence-electron chi connectivity index (χ1n) is 9.66. The largest absolute Gasteiger partial charge is 0.493 e. The lowest BCUT2D eigenvalue weighted by molar-refractivity contribution is -1.03. The van der Waals surface area contributed by atoms with Crippen molar-refractivity contribution in [1.82, 2.24) is 0 Å². The first kappa shape index (κ1) is 16.2. The molecule has 2 bridgehead atoms. The number of fused-ring (bicyclic) bond motifs is 2. The molecule has 3 fully saturated rings. The van der Waals surface area contributed by atoms with Crippen LogP contribution in [0.2, 0.25) is 0 Å². The van der Waals surface area contributed by atoms with E-state index in [0.717, 1.165) is 35.9 Å². The average molecular weight is 332 g/mol. The second-order valence-electron chi connectivity index (χ2n) is 8.02. The Morgan fingerprint density at radius 3 is 2.46 bits per heavy atom. The SMILES string of the molecule is COc1cccc(C[NH+]2CC[NH+]([C@H]3C[C@H]4CC[C@@H]3C4)CC2)c1OC. The number of piperazine rings is 1. The number of benzene rings is 1. The highest BCUT2D eigenvalue weighted by Crippen LogP contribution is 2.43. The highest BCUT2D eigenvalue weighted by atomic mass is 16.5. The Labute approximate surface area is 145 Å². The van der Waals surface area contributed by atoms with Crippen molar-refractivity contribution in [2.24, 2.45) is 11.8 Å². The van der Waals surface area contributed by atoms with Crippen molar-refractivity contribution in [3.8, 4) is 11.5 Å². The smallest absolute Gasteiger partial charge is 0.169 e. The molecule has 132 valence electrons. The first-order chi connectivity index (χ1) is 11.8. The Bertz CT molecular complexity index is 569. The quantitative estimate of drug-likeness (QED) is 0.805. The van der Waals surface area contributed by atoms with Crippen molar-refractivity contribution >= 4 is 0 Å². The number of hydrogen-bond donors (Lipinski definition) is 2. The molecule has 1 heterocycles. The van der Waals surface area contributed by atoms with Gasteiger partial charge < -0.3 is 19.3 Å². The molecule has 0 unspecified atom stereocenters. The summed E-state index contributed by atoms with van der Waals surface area (Å²) in [5.41, 5.74) is 1.27. The number of quaternary nitrogens is 2. The summed E-state index contributed by atoms with van der Waals surface area (Å²) in [4.78, 5) is 3.59. The maximum Gasteiger partial charge on any atom is 0.169 e. The fourth-order valence-electron chi connectivity index (χ4n) is 5.58. The molecular formula is C20H32N2O2+2. The molecule has 0 aromatic heterocycles. The lowest BCUT2D eigenvalue weighted by Gasteiger charge is -2.36. The van der Waals surface area contributed by atoms with Crippen molar-refractivity contribution in [3.63, 3.8) is 0 Å². The minimum absolute atomic E-state index is 0.848. The summed E-state index contributed by atoms with van der Waals surface area (Å²) in [7, 11) is 3.46. The summed E-state index contributed by atoms with van der Waals surface area (Å²) in [5.74, 6) is 3.87. The normalized spacial score (nSPS) is 35.2. The fraction of sp³-hybridized carbons (Fsp3) is 0.700. The van der Waals surface area contributed by atoms with Crippen LogP contribution in [0.15, 0.2) is 18.2 Å². The Kier molecular flexibility index (Phi) is 4.68. The van der Waals surface area contributed by atoms with Gasteiger partial charge in [-0.3, -0.25) is 0 Å². The molecule has 4 heteroatoms. The van der Waals surface area contributed by atoms with E-state index in [2.05, 4.69) is 12.1 Å². The predicted octanol–water partition coefficient (Wildman–Crippen LogP) is 0.176. The van der Waals surface area contributed by atoms with Gasteiger partial charge in [-0.05, 0) is 37.3 Å². The van der Waals surface area contributed by atoms with Crippen LogP contribution in [0.25, 0.3) is 0 Å². The number of nitrogens with one attached hydrogen (secondary N) is 2. The van der Waals surface area contributed by atoms with E-state index in [1.54, 1.807) is 19.1 Å². The predicted molar refractivity (Wildman–Crippen MR) is 93.9 cm³/mol. The number of hydrogen-bond acceptors (Lipinski definition) is 2. The van der Waals surface area contributed by atoms with Crippen LogP contribution in [0, 0.1) is 11.8 Å². The fourth-order valence-corrected chi connectivity index (χ4v) is 5.58. The van der Waals surface area contributed by atoms with Gasteiger partial charge in [0.15, 0.2) is 11.5 Å². The van der Waals surface area contributed by atoms with Crippen LogP contribution in [-0.4, -0.2) is 46.4 Å². The number of rotatable bonds is 5. The molecule has 1 saturated heterocycles. The van der Waals surface area contributed by atoms with Crippen LogP contribution < -0.4 is 19.3 Å². The van der Waals surface area contributed by atoms with E-state index in [4.69, 9.17) is 9.47 Å². The van der Waals surface area contributed by atoms with Gasteiger partial charge >= 0.3 is 0 Å². The molecule has 2 aliphatic carbocycles. The highest BCUT2D eigenvalue weighted by molar-refractivity contribution is 5.46. The number of methoxy groups -OCH3 is 2. The first-order valence-corrected chi connectivity index (χ1v) is 9.66. The summed E-state index contributed by atoms with van der Waals surface area (Å²) in [6.07, 6.45) is 6.07.